The lowest BCUT2D eigenvalue weighted by Gasteiger charge is -2.36. The molecule has 1 aliphatic heterocycles. The predicted molar refractivity (Wildman–Crippen MR) is 98.9 cm³/mol. The molecule has 1 aromatic rings. The quantitative estimate of drug-likeness (QED) is 0.657. The lowest BCUT2D eigenvalue weighted by molar-refractivity contribution is -0.130. The number of aryl methyl sites for hydroxylation is 1. The molecule has 0 spiro atoms. The molecule has 7 heteroatoms. The standard InChI is InChI=1S/C18H29N5O2/c1-6-19-18(23-9-7-22(8-10-23)15(4)24)21-12-16-14(3)17(25-5)13(2)11-20-16/h11H,6-10,12H2,1-5H3,(H,19,21). The minimum atomic E-state index is 0.133. The van der Waals surface area contributed by atoms with Crippen LogP contribution in [0.2, 0.25) is 0 Å². The number of hydrogen-bond acceptors (Lipinski definition) is 4. The first-order valence-electron chi connectivity index (χ1n) is 8.75. The van der Waals surface area contributed by atoms with Crippen molar-refractivity contribution in [3.8, 4) is 5.75 Å². The van der Waals surface area contributed by atoms with Crippen molar-refractivity contribution in [2.75, 3.05) is 39.8 Å². The third kappa shape index (κ3) is 4.61. The Balaban J connectivity index is 2.12. The number of nitrogens with one attached hydrogen (secondary N) is 1. The van der Waals surface area contributed by atoms with Gasteiger partial charge < -0.3 is 19.9 Å². The average molecular weight is 347 g/mol. The largest absolute Gasteiger partial charge is 0.496 e. The molecule has 1 saturated heterocycles. The van der Waals surface area contributed by atoms with E-state index in [1.807, 2.05) is 24.9 Å². The summed E-state index contributed by atoms with van der Waals surface area (Å²) in [7, 11) is 1.68. The second-order valence-electron chi connectivity index (χ2n) is 6.21. The highest BCUT2D eigenvalue weighted by atomic mass is 16.5. The summed E-state index contributed by atoms with van der Waals surface area (Å²) in [5.74, 6) is 1.87. The second-order valence-corrected chi connectivity index (χ2v) is 6.21. The molecule has 7 nitrogen and oxygen atoms in total. The van der Waals surface area contributed by atoms with Crippen molar-refractivity contribution in [2.45, 2.75) is 34.2 Å². The zero-order chi connectivity index (χ0) is 18.4. The molecule has 0 radical (unpaired) electrons. The van der Waals surface area contributed by atoms with Crippen LogP contribution < -0.4 is 10.1 Å². The molecule has 0 unspecified atom stereocenters. The molecule has 138 valence electrons. The molecule has 0 aromatic carbocycles. The van der Waals surface area contributed by atoms with E-state index >= 15 is 0 Å². The van der Waals surface area contributed by atoms with Gasteiger partial charge in [-0.1, -0.05) is 0 Å². The predicted octanol–water partition coefficient (Wildman–Crippen LogP) is 1.34. The van der Waals surface area contributed by atoms with Gasteiger partial charge in [0.15, 0.2) is 5.96 Å². The number of aliphatic imine (C=N–C) groups is 1. The number of hydrogen-bond donors (Lipinski definition) is 1. The van der Waals surface area contributed by atoms with Gasteiger partial charge in [0.25, 0.3) is 0 Å². The van der Waals surface area contributed by atoms with E-state index in [1.54, 1.807) is 14.0 Å². The van der Waals surface area contributed by atoms with Gasteiger partial charge in [-0.25, -0.2) is 4.99 Å². The van der Waals surface area contributed by atoms with Crippen LogP contribution >= 0.6 is 0 Å². The zero-order valence-corrected chi connectivity index (χ0v) is 15.9. The Hall–Kier alpha value is -2.31. The van der Waals surface area contributed by atoms with Gasteiger partial charge in [0.1, 0.15) is 5.75 Å². The first kappa shape index (κ1) is 19.0. The molecule has 0 aliphatic carbocycles. The molecule has 1 amide bonds. The zero-order valence-electron chi connectivity index (χ0n) is 15.9. The summed E-state index contributed by atoms with van der Waals surface area (Å²) in [5.41, 5.74) is 2.98. The number of rotatable bonds is 4. The summed E-state index contributed by atoms with van der Waals surface area (Å²) >= 11 is 0. The third-order valence-corrected chi connectivity index (χ3v) is 4.49. The Morgan fingerprint density at radius 1 is 1.28 bits per heavy atom. The Labute approximate surface area is 150 Å². The van der Waals surface area contributed by atoms with Gasteiger partial charge in [-0.2, -0.15) is 0 Å². The number of carbonyl (C=O) groups excluding carboxylic acids is 1. The van der Waals surface area contributed by atoms with Crippen molar-refractivity contribution < 1.29 is 9.53 Å². The molecular formula is C18H29N5O2. The number of piperazine rings is 1. The molecule has 0 atom stereocenters. The fraction of sp³-hybridized carbons (Fsp3) is 0.611. The lowest BCUT2D eigenvalue weighted by atomic mass is 10.1. The van der Waals surface area contributed by atoms with E-state index in [9.17, 15) is 4.79 Å². The Morgan fingerprint density at radius 3 is 2.48 bits per heavy atom. The lowest BCUT2D eigenvalue weighted by Crippen LogP contribution is -2.53. The van der Waals surface area contributed by atoms with Crippen LogP contribution in [0.3, 0.4) is 0 Å². The van der Waals surface area contributed by atoms with E-state index in [-0.39, 0.29) is 5.91 Å². The van der Waals surface area contributed by atoms with Gasteiger partial charge >= 0.3 is 0 Å². The molecule has 2 heterocycles. The number of nitrogens with zero attached hydrogens (tertiary/aromatic N) is 4. The molecule has 2 rings (SSSR count). The van der Waals surface area contributed by atoms with Crippen molar-refractivity contribution in [3.05, 3.63) is 23.0 Å². The molecule has 1 fully saturated rings. The Morgan fingerprint density at radius 2 is 1.92 bits per heavy atom. The molecular weight excluding hydrogens is 318 g/mol. The maximum absolute atomic E-state index is 11.5. The number of methoxy groups -OCH3 is 1. The number of guanidine groups is 1. The Kier molecular flexibility index (Phi) is 6.61. The van der Waals surface area contributed by atoms with Gasteiger partial charge in [-0.3, -0.25) is 9.78 Å². The summed E-state index contributed by atoms with van der Waals surface area (Å²) in [6.07, 6.45) is 1.83. The van der Waals surface area contributed by atoms with Gasteiger partial charge in [0.2, 0.25) is 5.91 Å². The third-order valence-electron chi connectivity index (χ3n) is 4.49. The second kappa shape index (κ2) is 8.69. The van der Waals surface area contributed by atoms with E-state index in [4.69, 9.17) is 9.73 Å². The van der Waals surface area contributed by atoms with E-state index in [2.05, 4.69) is 22.1 Å². The number of pyridine rings is 1. The molecule has 1 aromatic heterocycles. The van der Waals surface area contributed by atoms with E-state index in [1.165, 1.54) is 0 Å². The van der Waals surface area contributed by atoms with Crippen LogP contribution in [0, 0.1) is 13.8 Å². The monoisotopic (exact) mass is 347 g/mol. The fourth-order valence-electron chi connectivity index (χ4n) is 3.04. The van der Waals surface area contributed by atoms with Gasteiger partial charge in [0.05, 0.1) is 19.3 Å². The van der Waals surface area contributed by atoms with Crippen molar-refractivity contribution in [1.82, 2.24) is 20.1 Å². The summed E-state index contributed by atoms with van der Waals surface area (Å²) < 4.78 is 5.47. The van der Waals surface area contributed by atoms with Crippen LogP contribution in [-0.2, 0) is 11.3 Å². The van der Waals surface area contributed by atoms with Crippen molar-refractivity contribution in [3.63, 3.8) is 0 Å². The highest BCUT2D eigenvalue weighted by Crippen LogP contribution is 2.24. The van der Waals surface area contributed by atoms with Gasteiger partial charge in [-0.05, 0) is 20.8 Å². The van der Waals surface area contributed by atoms with Crippen LogP contribution in [0.15, 0.2) is 11.2 Å². The van der Waals surface area contributed by atoms with E-state index in [0.29, 0.717) is 6.54 Å². The van der Waals surface area contributed by atoms with Crippen LogP contribution in [0.4, 0.5) is 0 Å². The maximum atomic E-state index is 11.5. The molecule has 25 heavy (non-hydrogen) atoms. The van der Waals surface area contributed by atoms with Crippen LogP contribution in [0.5, 0.6) is 5.75 Å². The summed E-state index contributed by atoms with van der Waals surface area (Å²) in [6.45, 7) is 12.0. The molecule has 1 N–H and O–H groups in total. The summed E-state index contributed by atoms with van der Waals surface area (Å²) in [4.78, 5) is 24.8. The smallest absolute Gasteiger partial charge is 0.219 e. The Bertz CT molecular complexity index is 637. The summed E-state index contributed by atoms with van der Waals surface area (Å²) in [6, 6.07) is 0. The molecule has 0 saturated carbocycles. The topological polar surface area (TPSA) is 70.1 Å². The molecule has 1 aliphatic rings. The number of aromatic nitrogens is 1. The highest BCUT2D eigenvalue weighted by Gasteiger charge is 2.21. The van der Waals surface area contributed by atoms with Crippen molar-refractivity contribution >= 4 is 11.9 Å². The number of ether oxygens (including phenoxy) is 1. The number of amides is 1. The van der Waals surface area contributed by atoms with Crippen LogP contribution in [0.1, 0.15) is 30.7 Å². The van der Waals surface area contributed by atoms with Crippen LogP contribution in [0.25, 0.3) is 0 Å². The van der Waals surface area contributed by atoms with Crippen molar-refractivity contribution in [1.29, 1.82) is 0 Å². The van der Waals surface area contributed by atoms with Gasteiger partial charge in [-0.15, -0.1) is 0 Å². The maximum Gasteiger partial charge on any atom is 0.219 e. The SMILES string of the molecule is CCNC(=NCc1ncc(C)c(OC)c1C)N1CCN(C(C)=O)CC1. The fourth-order valence-corrected chi connectivity index (χ4v) is 3.04. The van der Waals surface area contributed by atoms with Crippen LogP contribution in [-0.4, -0.2) is 66.5 Å². The first-order chi connectivity index (χ1) is 12.0. The highest BCUT2D eigenvalue weighted by molar-refractivity contribution is 5.80. The minimum absolute atomic E-state index is 0.133. The number of carbonyl (C=O) groups is 1. The van der Waals surface area contributed by atoms with E-state index in [0.717, 1.165) is 61.3 Å². The molecule has 0 bridgehead atoms. The van der Waals surface area contributed by atoms with Gasteiger partial charge in [0, 0.05) is 57.0 Å². The normalized spacial score (nSPS) is 15.3. The summed E-state index contributed by atoms with van der Waals surface area (Å²) in [5, 5.41) is 3.34. The average Bonchev–Trinajstić information content (AvgIpc) is 2.60. The van der Waals surface area contributed by atoms with Crippen molar-refractivity contribution in [2.24, 2.45) is 4.99 Å². The van der Waals surface area contributed by atoms with E-state index < -0.39 is 0 Å². The first-order valence-corrected chi connectivity index (χ1v) is 8.75. The minimum Gasteiger partial charge on any atom is -0.496 e.